The second-order valence-corrected chi connectivity index (χ2v) is 5.32. The third kappa shape index (κ3) is 4.83. The van der Waals surface area contributed by atoms with Gasteiger partial charge in [-0.25, -0.2) is 4.79 Å². The van der Waals surface area contributed by atoms with E-state index in [0.29, 0.717) is 25.3 Å². The van der Waals surface area contributed by atoms with Crippen molar-refractivity contribution >= 4 is 6.09 Å². The van der Waals surface area contributed by atoms with Crippen LogP contribution in [0.15, 0.2) is 24.3 Å². The van der Waals surface area contributed by atoms with Crippen LogP contribution >= 0.6 is 0 Å². The lowest BCUT2D eigenvalue weighted by molar-refractivity contribution is 0.0138. The average molecular weight is 278 g/mol. The molecule has 20 heavy (non-hydrogen) atoms. The van der Waals surface area contributed by atoms with Crippen LogP contribution < -0.4 is 11.1 Å². The van der Waals surface area contributed by atoms with E-state index in [1.165, 1.54) is 0 Å². The summed E-state index contributed by atoms with van der Waals surface area (Å²) in [6.45, 7) is 0.934. The predicted molar refractivity (Wildman–Crippen MR) is 76.3 cm³/mol. The zero-order valence-corrected chi connectivity index (χ0v) is 11.5. The van der Waals surface area contributed by atoms with Gasteiger partial charge in [0.2, 0.25) is 0 Å². The smallest absolute Gasteiger partial charge is 0.404 e. The van der Waals surface area contributed by atoms with Gasteiger partial charge in [-0.2, -0.15) is 0 Å². The summed E-state index contributed by atoms with van der Waals surface area (Å²) in [5.41, 5.74) is 7.92. The highest BCUT2D eigenvalue weighted by molar-refractivity contribution is 5.64. The Morgan fingerprint density at radius 2 is 1.80 bits per heavy atom. The van der Waals surface area contributed by atoms with Crippen molar-refractivity contribution in [2.75, 3.05) is 0 Å². The van der Waals surface area contributed by atoms with Crippen LogP contribution in [0.25, 0.3) is 0 Å². The summed E-state index contributed by atoms with van der Waals surface area (Å²) in [5.74, 6) is 0. The van der Waals surface area contributed by atoms with Gasteiger partial charge in [-0.05, 0) is 36.8 Å². The maximum absolute atomic E-state index is 10.4. The number of benzene rings is 1. The van der Waals surface area contributed by atoms with Gasteiger partial charge in [0.25, 0.3) is 0 Å². The first kappa shape index (κ1) is 14.8. The summed E-state index contributed by atoms with van der Waals surface area (Å²) in [6.07, 6.45) is 3.49. The van der Waals surface area contributed by atoms with Crippen molar-refractivity contribution in [3.63, 3.8) is 0 Å². The third-order valence-corrected chi connectivity index (χ3v) is 3.67. The highest BCUT2D eigenvalue weighted by atomic mass is 16.5. The van der Waals surface area contributed by atoms with Crippen molar-refractivity contribution in [1.29, 1.82) is 0 Å². The molecule has 1 aromatic rings. The Balaban J connectivity index is 1.74. The molecule has 1 fully saturated rings. The number of hydrogen-bond donors (Lipinski definition) is 3. The lowest BCUT2D eigenvalue weighted by Gasteiger charge is -2.26. The Morgan fingerprint density at radius 3 is 2.40 bits per heavy atom. The fourth-order valence-electron chi connectivity index (χ4n) is 2.40. The maximum Gasteiger partial charge on any atom is 0.404 e. The molecule has 1 saturated carbocycles. The van der Waals surface area contributed by atoms with E-state index >= 15 is 0 Å². The number of hydrogen-bond acceptors (Lipinski definition) is 3. The average Bonchev–Trinajstić information content (AvgIpc) is 2.45. The fourth-order valence-corrected chi connectivity index (χ4v) is 2.40. The van der Waals surface area contributed by atoms with E-state index in [0.717, 1.165) is 36.8 Å². The number of rotatable bonds is 5. The van der Waals surface area contributed by atoms with Crippen LogP contribution in [0.1, 0.15) is 36.8 Å². The van der Waals surface area contributed by atoms with Crippen molar-refractivity contribution < 1.29 is 14.6 Å². The molecular weight excluding hydrogens is 256 g/mol. The highest BCUT2D eigenvalue weighted by Crippen LogP contribution is 2.21. The van der Waals surface area contributed by atoms with Crippen LogP contribution in [0.4, 0.5) is 4.79 Å². The van der Waals surface area contributed by atoms with Gasteiger partial charge in [-0.3, -0.25) is 0 Å². The highest BCUT2D eigenvalue weighted by Gasteiger charge is 2.18. The largest absolute Gasteiger partial charge is 0.465 e. The van der Waals surface area contributed by atoms with Gasteiger partial charge in [0.1, 0.15) is 0 Å². The van der Waals surface area contributed by atoms with Crippen LogP contribution in [-0.2, 0) is 17.9 Å². The number of carbonyl (C=O) groups is 1. The zero-order chi connectivity index (χ0) is 14.4. The number of amides is 1. The summed E-state index contributed by atoms with van der Waals surface area (Å²) in [7, 11) is 0. The Labute approximate surface area is 119 Å². The maximum atomic E-state index is 10.4. The van der Waals surface area contributed by atoms with Gasteiger partial charge in [-0.15, -0.1) is 0 Å². The molecule has 0 bridgehead atoms. The minimum atomic E-state index is -1.01. The molecule has 0 aliphatic heterocycles. The minimum Gasteiger partial charge on any atom is -0.465 e. The first-order valence-electron chi connectivity index (χ1n) is 7.05. The van der Waals surface area contributed by atoms with Gasteiger partial charge >= 0.3 is 6.09 Å². The van der Waals surface area contributed by atoms with Gasteiger partial charge in [-0.1, -0.05) is 24.3 Å². The summed E-state index contributed by atoms with van der Waals surface area (Å²) in [6, 6.07) is 8.15. The lowest BCUT2D eigenvalue weighted by Crippen LogP contribution is -2.30. The molecule has 1 aromatic carbocycles. The number of nitrogens with one attached hydrogen (secondary N) is 1. The standard InChI is InChI=1S/C15H22N2O3/c16-13-5-7-14(8-6-13)20-10-12-3-1-11(2-4-12)9-17-15(18)19/h1-4,13-14,17H,5-10,16H2,(H,18,19). The SMILES string of the molecule is NC1CCC(OCc2ccc(CNC(=O)O)cc2)CC1. The lowest BCUT2D eigenvalue weighted by atomic mass is 9.94. The van der Waals surface area contributed by atoms with Crippen molar-refractivity contribution in [2.24, 2.45) is 5.73 Å². The second-order valence-electron chi connectivity index (χ2n) is 5.32. The first-order valence-corrected chi connectivity index (χ1v) is 7.05. The van der Waals surface area contributed by atoms with Crippen LogP contribution in [-0.4, -0.2) is 23.3 Å². The van der Waals surface area contributed by atoms with E-state index in [-0.39, 0.29) is 0 Å². The Hall–Kier alpha value is -1.59. The van der Waals surface area contributed by atoms with E-state index in [1.54, 1.807) is 0 Å². The molecule has 4 N–H and O–H groups in total. The van der Waals surface area contributed by atoms with Crippen molar-refractivity contribution in [1.82, 2.24) is 5.32 Å². The van der Waals surface area contributed by atoms with Crippen LogP contribution in [0.2, 0.25) is 0 Å². The number of nitrogens with two attached hydrogens (primary N) is 1. The molecule has 0 radical (unpaired) electrons. The minimum absolute atomic E-state index is 0.322. The molecule has 0 atom stereocenters. The summed E-state index contributed by atoms with van der Waals surface area (Å²) in [5, 5.41) is 10.9. The van der Waals surface area contributed by atoms with Crippen molar-refractivity contribution in [3.05, 3.63) is 35.4 Å². The summed E-state index contributed by atoms with van der Waals surface area (Å²) >= 11 is 0. The monoisotopic (exact) mass is 278 g/mol. The molecule has 5 heteroatoms. The van der Waals surface area contributed by atoms with E-state index in [1.807, 2.05) is 24.3 Å². The van der Waals surface area contributed by atoms with Gasteiger partial charge in [0.15, 0.2) is 0 Å². The van der Waals surface area contributed by atoms with Gasteiger partial charge < -0.3 is 20.9 Å². The molecule has 0 aromatic heterocycles. The molecule has 110 valence electrons. The zero-order valence-electron chi connectivity index (χ0n) is 11.5. The Bertz CT molecular complexity index is 425. The van der Waals surface area contributed by atoms with E-state index < -0.39 is 6.09 Å². The quantitative estimate of drug-likeness (QED) is 0.771. The van der Waals surface area contributed by atoms with Crippen LogP contribution in [0.5, 0.6) is 0 Å². The second kappa shape index (κ2) is 7.26. The van der Waals surface area contributed by atoms with Crippen LogP contribution in [0, 0.1) is 0 Å². The molecule has 0 saturated heterocycles. The molecule has 1 aliphatic carbocycles. The third-order valence-electron chi connectivity index (χ3n) is 3.67. The Morgan fingerprint density at radius 1 is 1.20 bits per heavy atom. The molecule has 5 nitrogen and oxygen atoms in total. The van der Waals surface area contributed by atoms with E-state index in [4.69, 9.17) is 15.6 Å². The molecule has 1 aliphatic rings. The van der Waals surface area contributed by atoms with E-state index in [2.05, 4.69) is 5.32 Å². The molecular formula is C15H22N2O3. The predicted octanol–water partition coefficient (Wildman–Crippen LogP) is 2.24. The molecule has 1 amide bonds. The summed E-state index contributed by atoms with van der Waals surface area (Å²) < 4.78 is 5.89. The summed E-state index contributed by atoms with van der Waals surface area (Å²) in [4.78, 5) is 10.4. The number of carboxylic acid groups (broad SMARTS) is 1. The fraction of sp³-hybridized carbons (Fsp3) is 0.533. The Kier molecular flexibility index (Phi) is 5.38. The molecule has 0 unspecified atom stereocenters. The first-order chi connectivity index (χ1) is 9.63. The molecule has 0 spiro atoms. The van der Waals surface area contributed by atoms with Crippen molar-refractivity contribution in [3.8, 4) is 0 Å². The van der Waals surface area contributed by atoms with Gasteiger partial charge in [0.05, 0.1) is 12.7 Å². The van der Waals surface area contributed by atoms with E-state index in [9.17, 15) is 4.79 Å². The molecule has 0 heterocycles. The van der Waals surface area contributed by atoms with Crippen LogP contribution in [0.3, 0.4) is 0 Å². The normalized spacial score (nSPS) is 22.4. The topological polar surface area (TPSA) is 84.6 Å². The van der Waals surface area contributed by atoms with Gasteiger partial charge in [0, 0.05) is 12.6 Å². The molecule has 2 rings (SSSR count). The van der Waals surface area contributed by atoms with Crippen molar-refractivity contribution in [2.45, 2.75) is 51.0 Å². The number of ether oxygens (including phenoxy) is 1.